The molecule has 6 rings (SSSR count). The third kappa shape index (κ3) is 5.89. The number of rotatable bonds is 8. The molecule has 0 spiro atoms. The molecule has 1 aliphatic rings. The largest absolute Gasteiger partial charge is 0.347 e. The second kappa shape index (κ2) is 12.1. The molecule has 3 nitrogen and oxygen atoms in total. The van der Waals surface area contributed by atoms with E-state index in [0.29, 0.717) is 0 Å². The third-order valence-electron chi connectivity index (χ3n) is 8.57. The van der Waals surface area contributed by atoms with Gasteiger partial charge in [0.2, 0.25) is 11.4 Å². The zero-order valence-corrected chi connectivity index (χ0v) is 25.6. The monoisotopic (exact) mass is 562 g/mol. The zero-order valence-electron chi connectivity index (χ0n) is 25.6. The molecule has 1 aromatic heterocycles. The molecule has 0 atom stereocenters. The summed E-state index contributed by atoms with van der Waals surface area (Å²) in [5, 5.41) is 2.26. The first-order valence-corrected chi connectivity index (χ1v) is 15.1. The number of nitrogens with zero attached hydrogens (tertiary/aromatic N) is 3. The van der Waals surface area contributed by atoms with E-state index in [9.17, 15) is 0 Å². The molecular formula is C40H40N3+. The Morgan fingerprint density at radius 2 is 1.28 bits per heavy atom. The molecule has 5 aromatic rings. The van der Waals surface area contributed by atoms with Gasteiger partial charge in [-0.15, -0.1) is 0 Å². The summed E-state index contributed by atoms with van der Waals surface area (Å²) in [6.07, 6.45) is 8.48. The maximum absolute atomic E-state index is 2.37. The molecule has 0 saturated carbocycles. The van der Waals surface area contributed by atoms with Crippen molar-refractivity contribution in [3.05, 3.63) is 179 Å². The van der Waals surface area contributed by atoms with Crippen LogP contribution in [0.15, 0.2) is 145 Å². The van der Waals surface area contributed by atoms with Gasteiger partial charge in [0.15, 0.2) is 0 Å². The average molecular weight is 563 g/mol. The number of aromatic nitrogens is 1. The van der Waals surface area contributed by atoms with Crippen molar-refractivity contribution in [1.29, 1.82) is 0 Å². The first-order chi connectivity index (χ1) is 20.9. The minimum atomic E-state index is -0.0693. The normalized spacial score (nSPS) is 14.8. The van der Waals surface area contributed by atoms with Crippen molar-refractivity contribution in [2.24, 2.45) is 0 Å². The predicted octanol–water partition coefficient (Wildman–Crippen LogP) is 8.38. The van der Waals surface area contributed by atoms with Crippen LogP contribution in [0.2, 0.25) is 0 Å². The molecule has 0 bridgehead atoms. The Labute approximate surface area is 256 Å². The topological polar surface area (TPSA) is 10.4 Å². The van der Waals surface area contributed by atoms with Gasteiger partial charge in [0, 0.05) is 42.1 Å². The summed E-state index contributed by atoms with van der Waals surface area (Å²) >= 11 is 0. The molecule has 3 heteroatoms. The van der Waals surface area contributed by atoms with E-state index in [0.717, 1.165) is 24.2 Å². The summed E-state index contributed by atoms with van der Waals surface area (Å²) < 4.78 is 2.37. The maximum Gasteiger partial charge on any atom is 0.236 e. The van der Waals surface area contributed by atoms with Gasteiger partial charge in [-0.2, -0.15) is 5.01 Å². The third-order valence-corrected chi connectivity index (χ3v) is 8.57. The number of hydrogen-bond acceptors (Lipinski definition) is 2. The molecule has 0 N–H and O–H groups in total. The molecule has 43 heavy (non-hydrogen) atoms. The molecule has 0 fully saturated rings. The Morgan fingerprint density at radius 3 is 1.93 bits per heavy atom. The Bertz CT molecular complexity index is 1750. The van der Waals surface area contributed by atoms with E-state index in [2.05, 4.69) is 188 Å². The highest BCUT2D eigenvalue weighted by Gasteiger charge is 2.37. The first-order valence-electron chi connectivity index (χ1n) is 15.1. The Kier molecular flexibility index (Phi) is 7.98. The van der Waals surface area contributed by atoms with Crippen molar-refractivity contribution >= 4 is 17.5 Å². The van der Waals surface area contributed by atoms with Crippen molar-refractivity contribution < 1.29 is 4.68 Å². The van der Waals surface area contributed by atoms with Gasteiger partial charge in [0.05, 0.1) is 19.2 Å². The Morgan fingerprint density at radius 1 is 0.698 bits per heavy atom. The van der Waals surface area contributed by atoms with E-state index in [1.807, 2.05) is 0 Å². The number of hydrogen-bond donors (Lipinski definition) is 0. The van der Waals surface area contributed by atoms with Crippen LogP contribution in [-0.4, -0.2) is 14.1 Å². The zero-order chi connectivity index (χ0) is 29.8. The molecule has 0 aliphatic carbocycles. The number of benzene rings is 4. The number of fused-ring (bicyclic) bond motifs is 1. The van der Waals surface area contributed by atoms with Crippen LogP contribution in [-0.2, 0) is 18.3 Å². The van der Waals surface area contributed by atoms with Gasteiger partial charge in [0.1, 0.15) is 0 Å². The molecule has 2 heterocycles. The van der Waals surface area contributed by atoms with E-state index >= 15 is 0 Å². The van der Waals surface area contributed by atoms with Crippen LogP contribution in [0.25, 0.3) is 6.08 Å². The highest BCUT2D eigenvalue weighted by Crippen LogP contribution is 2.46. The van der Waals surface area contributed by atoms with Crippen LogP contribution in [0.5, 0.6) is 0 Å². The lowest BCUT2D eigenvalue weighted by atomic mass is 9.84. The van der Waals surface area contributed by atoms with Crippen LogP contribution in [0.4, 0.5) is 11.4 Å². The summed E-state index contributed by atoms with van der Waals surface area (Å²) in [4.78, 5) is 2.33. The molecule has 0 saturated heterocycles. The van der Waals surface area contributed by atoms with Crippen LogP contribution in [0.3, 0.4) is 0 Å². The van der Waals surface area contributed by atoms with Gasteiger partial charge < -0.3 is 4.90 Å². The van der Waals surface area contributed by atoms with Crippen LogP contribution >= 0.6 is 0 Å². The van der Waals surface area contributed by atoms with E-state index < -0.39 is 0 Å². The highest BCUT2D eigenvalue weighted by atomic mass is 15.5. The van der Waals surface area contributed by atoms with Gasteiger partial charge in [-0.05, 0) is 52.9 Å². The van der Waals surface area contributed by atoms with Gasteiger partial charge in [0.25, 0.3) is 0 Å². The average Bonchev–Trinajstić information content (AvgIpc) is 3.22. The lowest BCUT2D eigenvalue weighted by molar-refractivity contribution is -0.690. The molecule has 0 amide bonds. The van der Waals surface area contributed by atoms with Gasteiger partial charge in [-0.25, -0.2) is 0 Å². The maximum atomic E-state index is 2.37. The number of likely N-dealkylation sites (N-methyl/N-ethyl adjacent to an activating group) is 1. The summed E-state index contributed by atoms with van der Waals surface area (Å²) in [5.41, 5.74) is 11.3. The van der Waals surface area contributed by atoms with Crippen LogP contribution in [0, 0.1) is 0 Å². The molecule has 4 aromatic carbocycles. The first kappa shape index (κ1) is 28.2. The van der Waals surface area contributed by atoms with Gasteiger partial charge in [-0.3, -0.25) is 0 Å². The second-order valence-corrected chi connectivity index (χ2v) is 11.9. The number of para-hydroxylation sites is 2. The fraction of sp³-hybridized carbons (Fsp3) is 0.175. The smallest absolute Gasteiger partial charge is 0.236 e. The van der Waals surface area contributed by atoms with Crippen molar-refractivity contribution in [2.75, 3.05) is 24.0 Å². The molecular weight excluding hydrogens is 522 g/mol. The van der Waals surface area contributed by atoms with Gasteiger partial charge in [-0.1, -0.05) is 122 Å². The summed E-state index contributed by atoms with van der Waals surface area (Å²) in [6.45, 7) is 4.63. The van der Waals surface area contributed by atoms with E-state index in [1.54, 1.807) is 0 Å². The van der Waals surface area contributed by atoms with Crippen molar-refractivity contribution in [3.63, 3.8) is 0 Å². The number of pyridine rings is 1. The lowest BCUT2D eigenvalue weighted by Crippen LogP contribution is -2.57. The Balaban J connectivity index is 1.47. The summed E-state index contributed by atoms with van der Waals surface area (Å²) in [6, 6.07) is 45.6. The highest BCUT2D eigenvalue weighted by molar-refractivity contribution is 5.70. The van der Waals surface area contributed by atoms with Crippen molar-refractivity contribution in [3.8, 4) is 0 Å². The van der Waals surface area contributed by atoms with Crippen LogP contribution < -0.4 is 14.6 Å². The van der Waals surface area contributed by atoms with Crippen molar-refractivity contribution in [1.82, 2.24) is 0 Å². The minimum Gasteiger partial charge on any atom is -0.347 e. The van der Waals surface area contributed by atoms with E-state index in [1.165, 1.54) is 39.3 Å². The molecule has 1 aliphatic heterocycles. The number of anilines is 2. The SMILES string of the molecule is CN1/C(=C/C=C/c2cc(Cc3ccccc3)cc(Cc3ccccc3)[n+]2N(C)c2ccccc2)C(C)(C)c2ccccc21. The summed E-state index contributed by atoms with van der Waals surface area (Å²) in [5.74, 6) is 0. The molecule has 0 radical (unpaired) electrons. The fourth-order valence-electron chi connectivity index (χ4n) is 6.38. The lowest BCUT2D eigenvalue weighted by Gasteiger charge is -2.23. The van der Waals surface area contributed by atoms with E-state index in [4.69, 9.17) is 0 Å². The molecule has 0 unspecified atom stereocenters. The summed E-state index contributed by atoms with van der Waals surface area (Å²) in [7, 11) is 4.33. The molecule has 214 valence electrons. The fourth-order valence-corrected chi connectivity index (χ4v) is 6.38. The van der Waals surface area contributed by atoms with Crippen molar-refractivity contribution in [2.45, 2.75) is 32.1 Å². The Hall–Kier alpha value is -4.89. The predicted molar refractivity (Wildman–Crippen MR) is 180 cm³/mol. The second-order valence-electron chi connectivity index (χ2n) is 11.9. The minimum absolute atomic E-state index is 0.0693. The van der Waals surface area contributed by atoms with Crippen LogP contribution in [0.1, 0.15) is 47.5 Å². The number of allylic oxidation sites excluding steroid dienone is 3. The quantitative estimate of drug-likeness (QED) is 0.176. The van der Waals surface area contributed by atoms with Gasteiger partial charge >= 0.3 is 0 Å². The standard InChI is InChI=1S/C40H40N3/c1-40(2)37-24-14-15-25-38(37)41(3)39(40)26-16-23-35-29-33(27-31-17-8-5-9-18-31)30-36(28-32-19-10-6-11-20-32)43(35)42(4)34-21-12-7-13-22-34/h5-26,29-30H,27-28H2,1-4H3/q+1. The van der Waals surface area contributed by atoms with E-state index in [-0.39, 0.29) is 5.41 Å².